The molecule has 0 saturated carbocycles. The molecule has 0 fully saturated rings. The summed E-state index contributed by atoms with van der Waals surface area (Å²) in [5.41, 5.74) is 0. The fourth-order valence-corrected chi connectivity index (χ4v) is 3.66. The van der Waals surface area contributed by atoms with E-state index in [2.05, 4.69) is 15.3 Å². The minimum absolute atomic E-state index is 0.0195. The molecule has 1 aliphatic heterocycles. The first-order chi connectivity index (χ1) is 7.84. The van der Waals surface area contributed by atoms with Crippen molar-refractivity contribution in [3.8, 4) is 0 Å². The molecule has 0 radical (unpaired) electrons. The number of carbonyl (C=O) groups excluding carboxylic acids is 1. The van der Waals surface area contributed by atoms with Gasteiger partial charge in [0.15, 0.2) is 5.13 Å². The lowest BCUT2D eigenvalue weighted by Gasteiger charge is -2.01. The number of hydrogen-bond acceptors (Lipinski definition) is 6. The predicted octanol–water partition coefficient (Wildman–Crippen LogP) is 2.31. The van der Waals surface area contributed by atoms with Gasteiger partial charge in [-0.2, -0.15) is 0 Å². The third kappa shape index (κ3) is 3.80. The summed E-state index contributed by atoms with van der Waals surface area (Å²) >= 11 is 4.86. The second-order valence-corrected chi connectivity index (χ2v) is 6.30. The lowest BCUT2D eigenvalue weighted by molar-refractivity contribution is -0.115. The molecule has 1 aromatic heterocycles. The average Bonchev–Trinajstić information content (AvgIpc) is 2.90. The van der Waals surface area contributed by atoms with Gasteiger partial charge in [0, 0.05) is 29.5 Å². The Kier molecular flexibility index (Phi) is 4.68. The molecule has 7 heteroatoms. The van der Waals surface area contributed by atoms with E-state index in [0.717, 1.165) is 22.4 Å². The molecule has 0 aromatic carbocycles. The molecule has 2 rings (SSSR count). The molecular formula is C9H11N3OS3. The first-order valence-corrected chi connectivity index (χ1v) is 7.69. The van der Waals surface area contributed by atoms with Crippen LogP contribution in [0.1, 0.15) is 6.42 Å². The Morgan fingerprint density at radius 3 is 3.25 bits per heavy atom. The number of nitrogens with zero attached hydrogens (tertiary/aromatic N) is 2. The number of anilines is 1. The Morgan fingerprint density at radius 2 is 2.56 bits per heavy atom. The Hall–Kier alpha value is -0.530. The smallest absolute Gasteiger partial charge is 0.226 e. The van der Waals surface area contributed by atoms with Crippen molar-refractivity contribution >= 4 is 50.3 Å². The summed E-state index contributed by atoms with van der Waals surface area (Å²) in [5, 5.41) is 5.27. The van der Waals surface area contributed by atoms with Crippen molar-refractivity contribution < 1.29 is 4.79 Å². The van der Waals surface area contributed by atoms with Crippen LogP contribution in [0.3, 0.4) is 0 Å². The van der Waals surface area contributed by atoms with Gasteiger partial charge in [-0.25, -0.2) is 4.98 Å². The van der Waals surface area contributed by atoms with Crippen molar-refractivity contribution in [2.45, 2.75) is 6.42 Å². The molecule has 0 atom stereocenters. The zero-order chi connectivity index (χ0) is 11.2. The van der Waals surface area contributed by atoms with Crippen molar-refractivity contribution in [3.05, 3.63) is 11.6 Å². The number of aromatic nitrogens is 1. The van der Waals surface area contributed by atoms with Crippen LogP contribution >= 0.6 is 34.9 Å². The summed E-state index contributed by atoms with van der Waals surface area (Å²) in [6.07, 6.45) is 2.18. The van der Waals surface area contributed by atoms with Crippen molar-refractivity contribution in [2.24, 2.45) is 4.99 Å². The quantitative estimate of drug-likeness (QED) is 0.914. The maximum Gasteiger partial charge on any atom is 0.226 e. The summed E-state index contributed by atoms with van der Waals surface area (Å²) < 4.78 is 1.11. The maximum atomic E-state index is 11.5. The van der Waals surface area contributed by atoms with Crippen LogP contribution in [0.4, 0.5) is 5.13 Å². The fourth-order valence-electron chi connectivity index (χ4n) is 1.10. The lowest BCUT2D eigenvalue weighted by atomic mass is 10.5. The van der Waals surface area contributed by atoms with Crippen LogP contribution in [0, 0.1) is 0 Å². The summed E-state index contributed by atoms with van der Waals surface area (Å²) in [7, 11) is 0. The first kappa shape index (κ1) is 11.9. The molecule has 0 spiro atoms. The standard InChI is InChI=1S/C9H11N3OS3/c13-7(12-8-10-2-5-14-8)1-4-15-9-11-3-6-16-9/h2,5H,1,3-4,6H2,(H,10,12,13). The number of carbonyl (C=O) groups is 1. The van der Waals surface area contributed by atoms with E-state index in [1.807, 2.05) is 5.38 Å². The third-order valence-electron chi connectivity index (χ3n) is 1.79. The molecule has 1 N–H and O–H groups in total. The molecule has 0 bridgehead atoms. The summed E-state index contributed by atoms with van der Waals surface area (Å²) in [6, 6.07) is 0. The van der Waals surface area contributed by atoms with Gasteiger partial charge in [0.2, 0.25) is 5.91 Å². The number of amides is 1. The fraction of sp³-hybridized carbons (Fsp3) is 0.444. The monoisotopic (exact) mass is 273 g/mol. The van der Waals surface area contributed by atoms with Crippen LogP contribution in [0.25, 0.3) is 0 Å². The Balaban J connectivity index is 1.64. The number of rotatable bonds is 4. The summed E-state index contributed by atoms with van der Waals surface area (Å²) in [5.74, 6) is 1.88. The second-order valence-electron chi connectivity index (χ2n) is 2.98. The SMILES string of the molecule is O=C(CCSC1=NCCS1)Nc1nccs1. The molecule has 1 aliphatic rings. The van der Waals surface area contributed by atoms with E-state index in [1.54, 1.807) is 29.7 Å². The van der Waals surface area contributed by atoms with Crippen molar-refractivity contribution in [1.29, 1.82) is 0 Å². The first-order valence-electron chi connectivity index (χ1n) is 4.84. The van der Waals surface area contributed by atoms with Gasteiger partial charge in [0.25, 0.3) is 0 Å². The van der Waals surface area contributed by atoms with E-state index in [1.165, 1.54) is 11.3 Å². The largest absolute Gasteiger partial charge is 0.302 e. The van der Waals surface area contributed by atoms with E-state index in [9.17, 15) is 4.79 Å². The van der Waals surface area contributed by atoms with E-state index < -0.39 is 0 Å². The summed E-state index contributed by atoms with van der Waals surface area (Å²) in [6.45, 7) is 0.915. The Labute approximate surface area is 106 Å². The molecule has 0 saturated heterocycles. The van der Waals surface area contributed by atoms with E-state index >= 15 is 0 Å². The number of hydrogen-bond donors (Lipinski definition) is 1. The molecule has 86 valence electrons. The molecule has 0 unspecified atom stereocenters. The van der Waals surface area contributed by atoms with Crippen LogP contribution in [-0.2, 0) is 4.79 Å². The normalized spacial score (nSPS) is 14.9. The zero-order valence-corrected chi connectivity index (χ0v) is 11.0. The number of nitrogens with one attached hydrogen (secondary N) is 1. The highest BCUT2D eigenvalue weighted by Gasteiger charge is 2.09. The van der Waals surface area contributed by atoms with Crippen molar-refractivity contribution in [1.82, 2.24) is 4.98 Å². The lowest BCUT2D eigenvalue weighted by Crippen LogP contribution is -2.12. The minimum Gasteiger partial charge on any atom is -0.302 e. The zero-order valence-electron chi connectivity index (χ0n) is 8.51. The Morgan fingerprint density at radius 1 is 1.62 bits per heavy atom. The molecule has 2 heterocycles. The van der Waals surface area contributed by atoms with E-state index in [-0.39, 0.29) is 5.91 Å². The van der Waals surface area contributed by atoms with Gasteiger partial charge in [-0.1, -0.05) is 23.5 Å². The van der Waals surface area contributed by atoms with Gasteiger partial charge in [-0.3, -0.25) is 9.79 Å². The molecule has 1 amide bonds. The Bertz CT molecular complexity index is 377. The van der Waals surface area contributed by atoms with Gasteiger partial charge < -0.3 is 5.32 Å². The second kappa shape index (κ2) is 6.27. The van der Waals surface area contributed by atoms with Crippen LogP contribution in [0.2, 0.25) is 0 Å². The van der Waals surface area contributed by atoms with E-state index in [0.29, 0.717) is 11.6 Å². The van der Waals surface area contributed by atoms with Crippen molar-refractivity contribution in [2.75, 3.05) is 23.4 Å². The van der Waals surface area contributed by atoms with Crippen LogP contribution in [-0.4, -0.2) is 33.3 Å². The molecule has 4 nitrogen and oxygen atoms in total. The summed E-state index contributed by atoms with van der Waals surface area (Å²) in [4.78, 5) is 19.8. The topological polar surface area (TPSA) is 54.4 Å². The van der Waals surface area contributed by atoms with Crippen molar-refractivity contribution in [3.63, 3.8) is 0 Å². The van der Waals surface area contributed by atoms with E-state index in [4.69, 9.17) is 0 Å². The van der Waals surface area contributed by atoms with Gasteiger partial charge in [-0.15, -0.1) is 11.3 Å². The minimum atomic E-state index is 0.0195. The molecule has 16 heavy (non-hydrogen) atoms. The number of thioether (sulfide) groups is 2. The predicted molar refractivity (Wildman–Crippen MR) is 72.6 cm³/mol. The third-order valence-corrected chi connectivity index (χ3v) is 4.73. The van der Waals surface area contributed by atoms with Gasteiger partial charge in [0.1, 0.15) is 4.38 Å². The molecule has 0 aliphatic carbocycles. The maximum absolute atomic E-state index is 11.5. The highest BCUT2D eigenvalue weighted by molar-refractivity contribution is 8.39. The van der Waals surface area contributed by atoms with Crippen LogP contribution < -0.4 is 5.32 Å². The van der Waals surface area contributed by atoms with Gasteiger partial charge in [-0.05, 0) is 0 Å². The van der Waals surface area contributed by atoms with Crippen LogP contribution in [0.5, 0.6) is 0 Å². The number of thiazole rings is 1. The average molecular weight is 273 g/mol. The molecular weight excluding hydrogens is 262 g/mol. The number of aliphatic imine (C=N–C) groups is 1. The highest BCUT2D eigenvalue weighted by atomic mass is 32.2. The van der Waals surface area contributed by atoms with Gasteiger partial charge >= 0.3 is 0 Å². The van der Waals surface area contributed by atoms with Crippen LogP contribution in [0.15, 0.2) is 16.6 Å². The molecule has 1 aromatic rings. The van der Waals surface area contributed by atoms with Gasteiger partial charge in [0.05, 0.1) is 6.54 Å². The highest BCUT2D eigenvalue weighted by Crippen LogP contribution is 2.22.